The number of aryl methyl sites for hydroxylation is 1. The molecule has 120 valence electrons. The van der Waals surface area contributed by atoms with Gasteiger partial charge in [-0.15, -0.1) is 23.7 Å². The molecular weight excluding hydrogens is 308 g/mol. The van der Waals surface area contributed by atoms with Crippen molar-refractivity contribution in [1.82, 2.24) is 10.2 Å². The van der Waals surface area contributed by atoms with E-state index in [0.29, 0.717) is 13.2 Å². The number of nitrogens with one attached hydrogen (secondary N) is 1. The Morgan fingerprint density at radius 1 is 1.48 bits per heavy atom. The summed E-state index contributed by atoms with van der Waals surface area (Å²) in [5.74, 6) is 0.216. The fraction of sp³-hybridized carbons (Fsp3) is 0.667. The van der Waals surface area contributed by atoms with Crippen molar-refractivity contribution in [3.63, 3.8) is 0 Å². The summed E-state index contributed by atoms with van der Waals surface area (Å²) in [4.78, 5) is 16.0. The monoisotopic (exact) mass is 332 g/mol. The molecule has 0 radical (unpaired) electrons. The van der Waals surface area contributed by atoms with Crippen molar-refractivity contribution in [3.8, 4) is 0 Å². The summed E-state index contributed by atoms with van der Waals surface area (Å²) in [6.45, 7) is 5.09. The van der Waals surface area contributed by atoms with Gasteiger partial charge < -0.3 is 15.0 Å². The highest BCUT2D eigenvalue weighted by molar-refractivity contribution is 7.10. The number of carbonyl (C=O) groups excluding carboxylic acids is 1. The second kappa shape index (κ2) is 8.13. The van der Waals surface area contributed by atoms with Crippen LogP contribution in [-0.4, -0.2) is 44.7 Å². The molecule has 1 aromatic rings. The SMILES string of the molecule is COCC1(C(=O)N(C)Cc2sccc2C)CCNCC1.Cl. The summed E-state index contributed by atoms with van der Waals surface area (Å²) < 4.78 is 5.34. The molecule has 1 fully saturated rings. The number of thiophene rings is 1. The van der Waals surface area contributed by atoms with E-state index in [4.69, 9.17) is 4.74 Å². The summed E-state index contributed by atoms with van der Waals surface area (Å²) in [6, 6.07) is 2.10. The molecule has 1 N–H and O–H groups in total. The van der Waals surface area contributed by atoms with Crippen LogP contribution in [0.25, 0.3) is 0 Å². The zero-order chi connectivity index (χ0) is 14.6. The van der Waals surface area contributed by atoms with Crippen molar-refractivity contribution in [2.45, 2.75) is 26.3 Å². The molecule has 0 aliphatic carbocycles. The second-order valence-electron chi connectivity index (χ2n) is 5.65. The number of ether oxygens (including phenoxy) is 1. The zero-order valence-corrected chi connectivity index (χ0v) is 14.6. The lowest BCUT2D eigenvalue weighted by molar-refractivity contribution is -0.146. The predicted molar refractivity (Wildman–Crippen MR) is 89.2 cm³/mol. The third kappa shape index (κ3) is 4.19. The number of piperidine rings is 1. The van der Waals surface area contributed by atoms with Gasteiger partial charge in [-0.25, -0.2) is 0 Å². The van der Waals surface area contributed by atoms with Crippen LogP contribution in [-0.2, 0) is 16.1 Å². The van der Waals surface area contributed by atoms with E-state index < -0.39 is 0 Å². The van der Waals surface area contributed by atoms with Crippen LogP contribution >= 0.6 is 23.7 Å². The van der Waals surface area contributed by atoms with Gasteiger partial charge in [-0.2, -0.15) is 0 Å². The molecule has 2 rings (SSSR count). The van der Waals surface area contributed by atoms with E-state index in [1.54, 1.807) is 18.4 Å². The van der Waals surface area contributed by atoms with E-state index in [0.717, 1.165) is 25.9 Å². The Bertz CT molecular complexity index is 453. The average Bonchev–Trinajstić information content (AvgIpc) is 2.85. The summed E-state index contributed by atoms with van der Waals surface area (Å²) in [5, 5.41) is 5.40. The highest BCUT2D eigenvalue weighted by Gasteiger charge is 2.41. The molecule has 6 heteroatoms. The summed E-state index contributed by atoms with van der Waals surface area (Å²) in [7, 11) is 3.58. The van der Waals surface area contributed by atoms with Crippen LogP contribution in [0.3, 0.4) is 0 Å². The van der Waals surface area contributed by atoms with Gasteiger partial charge in [0.1, 0.15) is 0 Å². The normalized spacial score (nSPS) is 17.1. The zero-order valence-electron chi connectivity index (χ0n) is 13.0. The molecular formula is C15H25ClN2O2S. The topological polar surface area (TPSA) is 41.6 Å². The molecule has 0 saturated carbocycles. The Kier molecular flexibility index (Phi) is 7.13. The van der Waals surface area contributed by atoms with Crippen molar-refractivity contribution in [2.24, 2.45) is 5.41 Å². The highest BCUT2D eigenvalue weighted by atomic mass is 35.5. The van der Waals surface area contributed by atoms with Crippen molar-refractivity contribution < 1.29 is 9.53 Å². The second-order valence-corrected chi connectivity index (χ2v) is 6.65. The third-order valence-electron chi connectivity index (χ3n) is 4.13. The largest absolute Gasteiger partial charge is 0.384 e. The molecule has 1 aliphatic rings. The number of rotatable bonds is 5. The van der Waals surface area contributed by atoms with Gasteiger partial charge in [0.25, 0.3) is 0 Å². The van der Waals surface area contributed by atoms with Crippen molar-refractivity contribution in [1.29, 1.82) is 0 Å². The molecule has 0 aromatic carbocycles. The summed E-state index contributed by atoms with van der Waals surface area (Å²) in [6.07, 6.45) is 1.71. The molecule has 0 spiro atoms. The van der Waals surface area contributed by atoms with Crippen LogP contribution < -0.4 is 5.32 Å². The first kappa shape index (κ1) is 18.4. The van der Waals surface area contributed by atoms with Gasteiger partial charge in [0, 0.05) is 19.0 Å². The van der Waals surface area contributed by atoms with Gasteiger partial charge >= 0.3 is 0 Å². The van der Waals surface area contributed by atoms with Gasteiger partial charge in [-0.05, 0) is 49.9 Å². The van der Waals surface area contributed by atoms with Gasteiger partial charge in [0.05, 0.1) is 18.6 Å². The standard InChI is InChI=1S/C15H24N2O2S.ClH/c1-12-4-9-20-13(12)10-17(2)14(18)15(11-19-3)5-7-16-8-6-15;/h4,9,16H,5-8,10-11H2,1-3H3;1H. The molecule has 1 aromatic heterocycles. The fourth-order valence-electron chi connectivity index (χ4n) is 2.86. The minimum absolute atomic E-state index is 0. The lowest BCUT2D eigenvalue weighted by atomic mass is 9.78. The van der Waals surface area contributed by atoms with E-state index in [1.165, 1.54) is 10.4 Å². The maximum absolute atomic E-state index is 12.9. The number of methoxy groups -OCH3 is 1. The number of amides is 1. The molecule has 1 saturated heterocycles. The first-order valence-corrected chi connectivity index (χ1v) is 7.95. The molecule has 2 heterocycles. The quantitative estimate of drug-likeness (QED) is 0.900. The van der Waals surface area contributed by atoms with Gasteiger partial charge in [0.15, 0.2) is 0 Å². The Balaban J connectivity index is 0.00000220. The smallest absolute Gasteiger partial charge is 0.231 e. The molecule has 4 nitrogen and oxygen atoms in total. The average molecular weight is 333 g/mol. The number of halogens is 1. The summed E-state index contributed by atoms with van der Waals surface area (Å²) >= 11 is 1.72. The first-order chi connectivity index (χ1) is 9.59. The van der Waals surface area contributed by atoms with Crippen LogP contribution in [0.15, 0.2) is 11.4 Å². The number of hydrogen-bond acceptors (Lipinski definition) is 4. The van der Waals surface area contributed by atoms with Crippen molar-refractivity contribution in [3.05, 3.63) is 21.9 Å². The molecule has 0 unspecified atom stereocenters. The van der Waals surface area contributed by atoms with Crippen LogP contribution in [0.4, 0.5) is 0 Å². The van der Waals surface area contributed by atoms with Crippen molar-refractivity contribution >= 4 is 29.7 Å². The maximum Gasteiger partial charge on any atom is 0.231 e. The van der Waals surface area contributed by atoms with Crippen LogP contribution in [0.1, 0.15) is 23.3 Å². The number of carbonyl (C=O) groups is 1. The third-order valence-corrected chi connectivity index (χ3v) is 5.14. The summed E-state index contributed by atoms with van der Waals surface area (Å²) in [5.41, 5.74) is 0.917. The van der Waals surface area contributed by atoms with Gasteiger partial charge in [-0.1, -0.05) is 0 Å². The lowest BCUT2D eigenvalue weighted by Crippen LogP contribution is -2.50. The van der Waals surface area contributed by atoms with Crippen LogP contribution in [0.2, 0.25) is 0 Å². The Hall–Kier alpha value is -0.620. The maximum atomic E-state index is 12.9. The Morgan fingerprint density at radius 3 is 2.67 bits per heavy atom. The van der Waals surface area contributed by atoms with Crippen molar-refractivity contribution in [2.75, 3.05) is 33.9 Å². The van der Waals surface area contributed by atoms with Gasteiger partial charge in [0.2, 0.25) is 5.91 Å². The molecule has 1 aliphatic heterocycles. The van der Waals surface area contributed by atoms with Crippen LogP contribution in [0.5, 0.6) is 0 Å². The predicted octanol–water partition coefficient (Wildman–Crippen LogP) is 2.45. The van der Waals surface area contributed by atoms with E-state index in [1.807, 2.05) is 11.9 Å². The molecule has 1 amide bonds. The molecule has 21 heavy (non-hydrogen) atoms. The first-order valence-electron chi connectivity index (χ1n) is 7.07. The molecule has 0 bridgehead atoms. The number of nitrogens with zero attached hydrogens (tertiary/aromatic N) is 1. The van der Waals surface area contributed by atoms with E-state index in [-0.39, 0.29) is 23.7 Å². The Morgan fingerprint density at radius 2 is 2.14 bits per heavy atom. The highest BCUT2D eigenvalue weighted by Crippen LogP contribution is 2.32. The fourth-order valence-corrected chi connectivity index (χ4v) is 3.82. The van der Waals surface area contributed by atoms with Gasteiger partial charge in [-0.3, -0.25) is 4.79 Å². The Labute approximate surface area is 137 Å². The van der Waals surface area contributed by atoms with E-state index in [9.17, 15) is 4.79 Å². The molecule has 0 atom stereocenters. The minimum atomic E-state index is -0.347. The number of hydrogen-bond donors (Lipinski definition) is 1. The van der Waals surface area contributed by atoms with E-state index >= 15 is 0 Å². The van der Waals surface area contributed by atoms with E-state index in [2.05, 4.69) is 23.7 Å². The minimum Gasteiger partial charge on any atom is -0.384 e. The van der Waals surface area contributed by atoms with Crippen LogP contribution in [0, 0.1) is 12.3 Å². The lowest BCUT2D eigenvalue weighted by Gasteiger charge is -2.38.